The first-order chi connectivity index (χ1) is 13.8. The van der Waals surface area contributed by atoms with Gasteiger partial charge in [0.05, 0.1) is 6.61 Å². The Bertz CT molecular complexity index is 798. The molecule has 4 rings (SSSR count). The second kappa shape index (κ2) is 9.00. The number of ether oxygens (including phenoxy) is 1. The molecule has 5 nitrogen and oxygen atoms in total. The predicted octanol–water partition coefficient (Wildman–Crippen LogP) is 3.00. The third-order valence-corrected chi connectivity index (χ3v) is 5.64. The Hall–Kier alpha value is -2.69. The fourth-order valence-corrected chi connectivity index (χ4v) is 4.03. The molecule has 0 aromatic heterocycles. The van der Waals surface area contributed by atoms with E-state index in [0.29, 0.717) is 6.04 Å². The summed E-state index contributed by atoms with van der Waals surface area (Å²) in [6.45, 7) is 3.85. The summed E-state index contributed by atoms with van der Waals surface area (Å²) >= 11 is 0. The van der Waals surface area contributed by atoms with Gasteiger partial charge in [-0.05, 0) is 48.6 Å². The monoisotopic (exact) mass is 378 g/mol. The van der Waals surface area contributed by atoms with E-state index in [2.05, 4.69) is 69.1 Å². The normalized spacial score (nSPS) is 17.2. The van der Waals surface area contributed by atoms with Crippen molar-refractivity contribution in [2.24, 2.45) is 4.99 Å². The summed E-state index contributed by atoms with van der Waals surface area (Å²) in [4.78, 5) is 6.87. The summed E-state index contributed by atoms with van der Waals surface area (Å²) in [6, 6.07) is 17.7. The van der Waals surface area contributed by atoms with Crippen LogP contribution in [-0.4, -0.2) is 45.3 Å². The van der Waals surface area contributed by atoms with Gasteiger partial charge in [0.1, 0.15) is 5.75 Å². The Balaban J connectivity index is 1.21. The van der Waals surface area contributed by atoms with E-state index in [1.165, 1.54) is 16.8 Å². The highest BCUT2D eigenvalue weighted by molar-refractivity contribution is 5.80. The largest absolute Gasteiger partial charge is 0.493 e. The van der Waals surface area contributed by atoms with Gasteiger partial charge in [-0.1, -0.05) is 30.3 Å². The maximum absolute atomic E-state index is 5.59. The van der Waals surface area contributed by atoms with Crippen molar-refractivity contribution in [3.05, 3.63) is 59.7 Å². The zero-order valence-corrected chi connectivity index (χ0v) is 16.7. The number of hydrogen-bond donors (Lipinski definition) is 2. The second-order valence-electron chi connectivity index (χ2n) is 7.53. The summed E-state index contributed by atoms with van der Waals surface area (Å²) in [6.07, 6.45) is 4.27. The number of guanidine groups is 1. The number of aliphatic imine (C=N–C) groups is 1. The van der Waals surface area contributed by atoms with Crippen molar-refractivity contribution in [2.45, 2.75) is 31.7 Å². The van der Waals surface area contributed by atoms with E-state index in [0.717, 1.165) is 63.6 Å². The standard InChI is InChI=1S/C23H30N4O/c1-24-23(25-13-9-18-7-8-22-19(17-18)12-16-28-22)26-20-10-14-27(15-11-20)21-5-3-2-4-6-21/h2-8,17,20H,9-16H2,1H3,(H2,24,25,26). The Kier molecular flexibility index (Phi) is 6.00. The number of benzene rings is 2. The molecule has 2 aromatic carbocycles. The molecule has 2 N–H and O–H groups in total. The summed E-state index contributed by atoms with van der Waals surface area (Å²) in [5, 5.41) is 7.07. The van der Waals surface area contributed by atoms with Crippen LogP contribution < -0.4 is 20.3 Å². The van der Waals surface area contributed by atoms with Crippen molar-refractivity contribution in [3.63, 3.8) is 0 Å². The molecule has 0 radical (unpaired) electrons. The Morgan fingerprint density at radius 1 is 1.14 bits per heavy atom. The lowest BCUT2D eigenvalue weighted by Gasteiger charge is -2.34. The number of fused-ring (bicyclic) bond motifs is 1. The van der Waals surface area contributed by atoms with Crippen molar-refractivity contribution >= 4 is 11.6 Å². The lowest BCUT2D eigenvalue weighted by molar-refractivity contribution is 0.357. The van der Waals surface area contributed by atoms with Crippen LogP contribution in [0.5, 0.6) is 5.75 Å². The van der Waals surface area contributed by atoms with E-state index in [4.69, 9.17) is 4.74 Å². The van der Waals surface area contributed by atoms with Gasteiger partial charge in [0, 0.05) is 44.8 Å². The van der Waals surface area contributed by atoms with Crippen LogP contribution in [0.3, 0.4) is 0 Å². The number of rotatable bonds is 5. The fraction of sp³-hybridized carbons (Fsp3) is 0.435. The number of anilines is 1. The predicted molar refractivity (Wildman–Crippen MR) is 116 cm³/mol. The molecule has 1 saturated heterocycles. The molecule has 2 aliphatic heterocycles. The van der Waals surface area contributed by atoms with Crippen molar-refractivity contribution < 1.29 is 4.74 Å². The number of hydrogen-bond acceptors (Lipinski definition) is 3. The minimum Gasteiger partial charge on any atom is -0.493 e. The number of nitrogens with zero attached hydrogens (tertiary/aromatic N) is 2. The first-order valence-electron chi connectivity index (χ1n) is 10.3. The van der Waals surface area contributed by atoms with Gasteiger partial charge in [-0.2, -0.15) is 0 Å². The molecule has 148 valence electrons. The molecule has 0 saturated carbocycles. The SMILES string of the molecule is CN=C(NCCc1ccc2c(c1)CCO2)NC1CCN(c2ccccc2)CC1. The van der Waals surface area contributed by atoms with Crippen molar-refractivity contribution in [1.29, 1.82) is 0 Å². The summed E-state index contributed by atoms with van der Waals surface area (Å²) < 4.78 is 5.59. The van der Waals surface area contributed by atoms with E-state index < -0.39 is 0 Å². The quantitative estimate of drug-likeness (QED) is 0.620. The van der Waals surface area contributed by atoms with E-state index in [1.807, 2.05) is 7.05 Å². The van der Waals surface area contributed by atoms with Crippen LogP contribution >= 0.6 is 0 Å². The molecule has 0 amide bonds. The highest BCUT2D eigenvalue weighted by Gasteiger charge is 2.20. The zero-order valence-electron chi connectivity index (χ0n) is 16.7. The molecule has 2 aromatic rings. The van der Waals surface area contributed by atoms with E-state index >= 15 is 0 Å². The molecular weight excluding hydrogens is 348 g/mol. The number of nitrogens with one attached hydrogen (secondary N) is 2. The molecule has 0 aliphatic carbocycles. The molecule has 2 aliphatic rings. The first kappa shape index (κ1) is 18.7. The zero-order chi connectivity index (χ0) is 19.2. The molecule has 0 unspecified atom stereocenters. The first-order valence-corrected chi connectivity index (χ1v) is 10.3. The molecule has 5 heteroatoms. The van der Waals surface area contributed by atoms with E-state index in [1.54, 1.807) is 0 Å². The van der Waals surface area contributed by atoms with Gasteiger partial charge in [-0.15, -0.1) is 0 Å². The van der Waals surface area contributed by atoms with Gasteiger partial charge in [-0.3, -0.25) is 4.99 Å². The fourth-order valence-electron chi connectivity index (χ4n) is 4.03. The third-order valence-electron chi connectivity index (χ3n) is 5.64. The smallest absolute Gasteiger partial charge is 0.191 e. The van der Waals surface area contributed by atoms with Gasteiger partial charge < -0.3 is 20.3 Å². The summed E-state index contributed by atoms with van der Waals surface area (Å²) in [7, 11) is 1.85. The average molecular weight is 379 g/mol. The van der Waals surface area contributed by atoms with E-state index in [9.17, 15) is 0 Å². The Morgan fingerprint density at radius 2 is 1.96 bits per heavy atom. The Morgan fingerprint density at radius 3 is 2.75 bits per heavy atom. The van der Waals surface area contributed by atoms with Crippen LogP contribution in [0.1, 0.15) is 24.0 Å². The minimum atomic E-state index is 0.475. The van der Waals surface area contributed by atoms with Crippen LogP contribution in [0.4, 0.5) is 5.69 Å². The second-order valence-corrected chi connectivity index (χ2v) is 7.53. The molecule has 0 atom stereocenters. The van der Waals surface area contributed by atoms with Crippen LogP contribution in [0.2, 0.25) is 0 Å². The van der Waals surface area contributed by atoms with Gasteiger partial charge in [0.2, 0.25) is 0 Å². The van der Waals surface area contributed by atoms with Gasteiger partial charge in [0.15, 0.2) is 5.96 Å². The average Bonchev–Trinajstić information content (AvgIpc) is 3.22. The van der Waals surface area contributed by atoms with Gasteiger partial charge in [0.25, 0.3) is 0 Å². The molecule has 0 bridgehead atoms. The molecule has 28 heavy (non-hydrogen) atoms. The highest BCUT2D eigenvalue weighted by Crippen LogP contribution is 2.26. The summed E-state index contributed by atoms with van der Waals surface area (Å²) in [5.41, 5.74) is 4.01. The van der Waals surface area contributed by atoms with Crippen LogP contribution in [0, 0.1) is 0 Å². The van der Waals surface area contributed by atoms with Crippen LogP contribution in [0.15, 0.2) is 53.5 Å². The molecule has 2 heterocycles. The highest BCUT2D eigenvalue weighted by atomic mass is 16.5. The minimum absolute atomic E-state index is 0.475. The molecule has 1 fully saturated rings. The van der Waals surface area contributed by atoms with E-state index in [-0.39, 0.29) is 0 Å². The molecule has 0 spiro atoms. The number of para-hydroxylation sites is 1. The van der Waals surface area contributed by atoms with Crippen molar-refractivity contribution in [3.8, 4) is 5.75 Å². The molecular formula is C23H30N4O. The Labute approximate surface area is 167 Å². The maximum atomic E-state index is 5.59. The van der Waals surface area contributed by atoms with Gasteiger partial charge >= 0.3 is 0 Å². The number of piperidine rings is 1. The van der Waals surface area contributed by atoms with Crippen LogP contribution in [-0.2, 0) is 12.8 Å². The lowest BCUT2D eigenvalue weighted by Crippen LogP contribution is -2.49. The topological polar surface area (TPSA) is 48.9 Å². The van der Waals surface area contributed by atoms with Crippen molar-refractivity contribution in [1.82, 2.24) is 10.6 Å². The maximum Gasteiger partial charge on any atom is 0.191 e. The van der Waals surface area contributed by atoms with Crippen LogP contribution in [0.25, 0.3) is 0 Å². The summed E-state index contributed by atoms with van der Waals surface area (Å²) in [5.74, 6) is 1.96. The third kappa shape index (κ3) is 4.58. The van der Waals surface area contributed by atoms with Crippen molar-refractivity contribution in [2.75, 3.05) is 38.2 Å². The lowest BCUT2D eigenvalue weighted by atomic mass is 10.0. The van der Waals surface area contributed by atoms with Gasteiger partial charge in [-0.25, -0.2) is 0 Å².